The molecule has 3 rings (SSSR count). The lowest BCUT2D eigenvalue weighted by atomic mass is 10.2. The first-order valence-corrected chi connectivity index (χ1v) is 9.53. The third-order valence-corrected chi connectivity index (χ3v) is 5.49. The van der Waals surface area contributed by atoms with E-state index in [1.165, 1.54) is 12.1 Å². The van der Waals surface area contributed by atoms with E-state index in [2.05, 4.69) is 10.0 Å². The molecule has 2 aromatic rings. The zero-order valence-electron chi connectivity index (χ0n) is 13.5. The highest BCUT2D eigenvalue weighted by Crippen LogP contribution is 2.25. The van der Waals surface area contributed by atoms with Gasteiger partial charge in [-0.3, -0.25) is 4.79 Å². The van der Waals surface area contributed by atoms with Crippen molar-refractivity contribution in [2.45, 2.75) is 18.2 Å². The highest BCUT2D eigenvalue weighted by atomic mass is 35.5. The molecule has 0 aliphatic carbocycles. The van der Waals surface area contributed by atoms with E-state index in [0.717, 1.165) is 5.56 Å². The maximum absolute atomic E-state index is 12.3. The molecule has 2 aromatic carbocycles. The van der Waals surface area contributed by atoms with Crippen molar-refractivity contribution in [2.75, 3.05) is 18.5 Å². The van der Waals surface area contributed by atoms with Crippen LogP contribution in [0.15, 0.2) is 41.3 Å². The number of sulfonamides is 1. The Bertz CT molecular complexity index is 928. The lowest BCUT2D eigenvalue weighted by molar-refractivity contribution is -0.115. The molecular formula is C17H17ClN2O4S. The minimum atomic E-state index is -3.66. The molecule has 0 unspecified atom stereocenters. The first-order valence-electron chi connectivity index (χ1n) is 7.66. The average molecular weight is 381 g/mol. The summed E-state index contributed by atoms with van der Waals surface area (Å²) in [5.41, 5.74) is 2.22. The fourth-order valence-electron chi connectivity index (χ4n) is 2.57. The number of hydrogen-bond acceptors (Lipinski definition) is 4. The number of halogens is 1. The summed E-state index contributed by atoms with van der Waals surface area (Å²) < 4.78 is 32.8. The lowest BCUT2D eigenvalue weighted by Crippen LogP contribution is -2.28. The summed E-state index contributed by atoms with van der Waals surface area (Å²) in [5.74, 6) is 0.523. The zero-order chi connectivity index (χ0) is 18.0. The summed E-state index contributed by atoms with van der Waals surface area (Å²) in [4.78, 5) is 11.5. The van der Waals surface area contributed by atoms with Crippen LogP contribution >= 0.6 is 11.6 Å². The summed E-state index contributed by atoms with van der Waals surface area (Å²) >= 11 is 5.88. The van der Waals surface area contributed by atoms with Crippen LogP contribution in [0.3, 0.4) is 0 Å². The van der Waals surface area contributed by atoms with Crippen LogP contribution in [-0.2, 0) is 21.2 Å². The molecule has 0 fully saturated rings. The number of carbonyl (C=O) groups excluding carboxylic acids is 1. The lowest BCUT2D eigenvalue weighted by Gasteiger charge is -2.11. The van der Waals surface area contributed by atoms with E-state index < -0.39 is 10.0 Å². The van der Waals surface area contributed by atoms with Gasteiger partial charge in [0.05, 0.1) is 11.3 Å². The SMILES string of the molecule is Cc1cc(Cl)ccc1OCCNS(=O)(=O)c1ccc2c(c1)CC(=O)N2. The van der Waals surface area contributed by atoms with Crippen molar-refractivity contribution in [3.63, 3.8) is 0 Å². The Balaban J connectivity index is 1.59. The van der Waals surface area contributed by atoms with Crippen LogP contribution in [0.25, 0.3) is 0 Å². The van der Waals surface area contributed by atoms with Gasteiger partial charge in [0.1, 0.15) is 12.4 Å². The smallest absolute Gasteiger partial charge is 0.240 e. The second kappa shape index (κ2) is 7.03. The minimum absolute atomic E-state index is 0.124. The van der Waals surface area contributed by atoms with Crippen molar-refractivity contribution in [3.8, 4) is 5.75 Å². The third kappa shape index (κ3) is 4.12. The number of benzene rings is 2. The van der Waals surface area contributed by atoms with Crippen LogP contribution in [0.2, 0.25) is 5.02 Å². The topological polar surface area (TPSA) is 84.5 Å². The van der Waals surface area contributed by atoms with E-state index in [4.69, 9.17) is 16.3 Å². The predicted octanol–water partition coefficient (Wildman–Crippen LogP) is 2.50. The monoisotopic (exact) mass is 380 g/mol. The molecule has 0 saturated heterocycles. The molecule has 0 aromatic heterocycles. The molecule has 6 nitrogen and oxygen atoms in total. The highest BCUT2D eigenvalue weighted by molar-refractivity contribution is 7.89. The third-order valence-electron chi connectivity index (χ3n) is 3.80. The molecule has 25 heavy (non-hydrogen) atoms. The van der Waals surface area contributed by atoms with Gasteiger partial charge in [0.15, 0.2) is 0 Å². The number of amides is 1. The molecule has 0 bridgehead atoms. The molecule has 2 N–H and O–H groups in total. The molecule has 1 amide bonds. The van der Waals surface area contributed by atoms with Gasteiger partial charge in [-0.2, -0.15) is 0 Å². The van der Waals surface area contributed by atoms with Crippen molar-refractivity contribution in [1.29, 1.82) is 0 Å². The van der Waals surface area contributed by atoms with E-state index in [1.807, 2.05) is 6.92 Å². The highest BCUT2D eigenvalue weighted by Gasteiger charge is 2.21. The van der Waals surface area contributed by atoms with Crippen molar-refractivity contribution in [3.05, 3.63) is 52.5 Å². The van der Waals surface area contributed by atoms with Gasteiger partial charge < -0.3 is 10.1 Å². The molecule has 0 saturated carbocycles. The maximum atomic E-state index is 12.3. The Morgan fingerprint density at radius 1 is 1.24 bits per heavy atom. The van der Waals surface area contributed by atoms with Gasteiger partial charge in [0.2, 0.25) is 15.9 Å². The quantitative estimate of drug-likeness (QED) is 0.754. The molecule has 0 radical (unpaired) electrons. The molecule has 1 aliphatic heterocycles. The van der Waals surface area contributed by atoms with Gasteiger partial charge >= 0.3 is 0 Å². The second-order valence-corrected chi connectivity index (χ2v) is 7.90. The number of nitrogens with one attached hydrogen (secondary N) is 2. The molecule has 0 atom stereocenters. The number of rotatable bonds is 6. The fourth-order valence-corrected chi connectivity index (χ4v) is 3.86. The van der Waals surface area contributed by atoms with Gasteiger partial charge in [-0.25, -0.2) is 13.1 Å². The van der Waals surface area contributed by atoms with Gasteiger partial charge in [-0.1, -0.05) is 11.6 Å². The normalized spacial score (nSPS) is 13.4. The van der Waals surface area contributed by atoms with E-state index in [1.54, 1.807) is 24.3 Å². The summed E-state index contributed by atoms with van der Waals surface area (Å²) in [5, 5.41) is 3.29. The Labute approximate surface area is 151 Å². The number of anilines is 1. The zero-order valence-corrected chi connectivity index (χ0v) is 15.1. The number of hydrogen-bond donors (Lipinski definition) is 2. The van der Waals surface area contributed by atoms with Crippen LogP contribution < -0.4 is 14.8 Å². The van der Waals surface area contributed by atoms with Crippen LogP contribution in [0.1, 0.15) is 11.1 Å². The predicted molar refractivity (Wildman–Crippen MR) is 95.6 cm³/mol. The van der Waals surface area contributed by atoms with Crippen molar-refractivity contribution < 1.29 is 17.9 Å². The molecule has 1 heterocycles. The number of aryl methyl sites for hydroxylation is 1. The summed E-state index contributed by atoms with van der Waals surface area (Å²) in [6.45, 7) is 2.18. The Hall–Kier alpha value is -2.09. The molecular weight excluding hydrogens is 364 g/mol. The van der Waals surface area contributed by atoms with Gasteiger partial charge in [-0.15, -0.1) is 0 Å². The molecule has 0 spiro atoms. The van der Waals surface area contributed by atoms with Crippen LogP contribution in [0.4, 0.5) is 5.69 Å². The fraction of sp³-hybridized carbons (Fsp3) is 0.235. The number of fused-ring (bicyclic) bond motifs is 1. The standard InChI is InChI=1S/C17H17ClN2O4S/c1-11-8-13(18)2-5-16(11)24-7-6-19-25(22,23)14-3-4-15-12(9-14)10-17(21)20-15/h2-5,8-9,19H,6-7,10H2,1H3,(H,20,21). The number of carbonyl (C=O) groups is 1. The van der Waals surface area contributed by atoms with Crippen LogP contribution in [-0.4, -0.2) is 27.5 Å². The Morgan fingerprint density at radius 2 is 2.04 bits per heavy atom. The summed E-state index contributed by atoms with van der Waals surface area (Å²) in [7, 11) is -3.66. The first-order chi connectivity index (χ1) is 11.8. The second-order valence-electron chi connectivity index (χ2n) is 5.70. The average Bonchev–Trinajstić information content (AvgIpc) is 2.92. The van der Waals surface area contributed by atoms with Gasteiger partial charge in [0.25, 0.3) is 0 Å². The summed E-state index contributed by atoms with van der Waals surface area (Å²) in [6.07, 6.45) is 0.192. The Kier molecular flexibility index (Phi) is 4.99. The molecule has 1 aliphatic rings. The summed E-state index contributed by atoms with van der Waals surface area (Å²) in [6, 6.07) is 9.82. The minimum Gasteiger partial charge on any atom is -0.492 e. The van der Waals surface area contributed by atoms with E-state index in [9.17, 15) is 13.2 Å². The van der Waals surface area contributed by atoms with Gasteiger partial charge in [0, 0.05) is 17.3 Å². The van der Waals surface area contributed by atoms with Gasteiger partial charge in [-0.05, 0) is 54.4 Å². The molecule has 132 valence electrons. The van der Waals surface area contributed by atoms with Crippen LogP contribution in [0, 0.1) is 6.92 Å². The van der Waals surface area contributed by atoms with E-state index in [-0.39, 0.29) is 30.4 Å². The van der Waals surface area contributed by atoms with Crippen LogP contribution in [0.5, 0.6) is 5.75 Å². The maximum Gasteiger partial charge on any atom is 0.240 e. The van der Waals surface area contributed by atoms with Crippen molar-refractivity contribution in [2.24, 2.45) is 0 Å². The van der Waals surface area contributed by atoms with E-state index >= 15 is 0 Å². The largest absolute Gasteiger partial charge is 0.492 e. The molecule has 8 heteroatoms. The van der Waals surface area contributed by atoms with Crippen molar-refractivity contribution in [1.82, 2.24) is 4.72 Å². The Morgan fingerprint density at radius 3 is 2.80 bits per heavy atom. The van der Waals surface area contributed by atoms with Crippen molar-refractivity contribution >= 4 is 33.2 Å². The van der Waals surface area contributed by atoms with E-state index in [0.29, 0.717) is 22.0 Å². The first kappa shape index (κ1) is 17.7. The number of ether oxygens (including phenoxy) is 1.